The van der Waals surface area contributed by atoms with E-state index in [4.69, 9.17) is 0 Å². The normalized spacial score (nSPS) is 12.2. The Morgan fingerprint density at radius 3 is 1.55 bits per heavy atom. The molecule has 0 aliphatic carbocycles. The van der Waals surface area contributed by atoms with E-state index in [2.05, 4.69) is 16.4 Å². The zero-order chi connectivity index (χ0) is 21.0. The molecule has 29 heavy (non-hydrogen) atoms. The molecule has 4 nitrogen and oxygen atoms in total. The minimum absolute atomic E-state index is 0.211. The molecular weight excluding hydrogens is 380 g/mol. The van der Waals surface area contributed by atoms with E-state index in [0.717, 1.165) is 18.7 Å². The molecule has 168 valence electrons. The summed E-state index contributed by atoms with van der Waals surface area (Å²) in [5, 5.41) is 9.24. The van der Waals surface area contributed by atoms with Crippen LogP contribution in [0.2, 0.25) is 0 Å². The van der Waals surface area contributed by atoms with Crippen LogP contribution in [-0.2, 0) is 11.2 Å². The van der Waals surface area contributed by atoms with Gasteiger partial charge in [-0.25, -0.2) is 8.93 Å². The number of hydrogen-bond acceptors (Lipinski definition) is 2. The minimum atomic E-state index is -1.28. The molecule has 1 atom stereocenters. The topological polar surface area (TPSA) is 61.4 Å². The summed E-state index contributed by atoms with van der Waals surface area (Å²) in [6, 6.07) is 6.58. The summed E-state index contributed by atoms with van der Waals surface area (Å²) in [5.74, 6) is 0.211. The van der Waals surface area contributed by atoms with E-state index in [1.807, 2.05) is 0 Å². The Balaban J connectivity index is 1.77. The third-order valence-electron chi connectivity index (χ3n) is 5.34. The van der Waals surface area contributed by atoms with Crippen molar-refractivity contribution in [3.05, 3.63) is 24.3 Å². The highest BCUT2D eigenvalue weighted by Crippen LogP contribution is 2.15. The Bertz CT molecular complexity index is 508. The van der Waals surface area contributed by atoms with Crippen LogP contribution in [0.4, 0.5) is 5.69 Å². The Kier molecular flexibility index (Phi) is 16.9. The molecule has 1 rings (SSSR count). The highest BCUT2D eigenvalue weighted by molar-refractivity contribution is 7.84. The number of phenols is 1. The predicted molar refractivity (Wildman–Crippen MR) is 127 cm³/mol. The van der Waals surface area contributed by atoms with Gasteiger partial charge >= 0.3 is 0 Å². The smallest absolute Gasteiger partial charge is 0.193 e. The zero-order valence-corrected chi connectivity index (χ0v) is 19.4. The predicted octanol–water partition coefficient (Wildman–Crippen LogP) is 7.23. The van der Waals surface area contributed by atoms with Crippen LogP contribution in [0.3, 0.4) is 0 Å². The molecule has 0 aliphatic heterocycles. The maximum atomic E-state index is 11.9. The van der Waals surface area contributed by atoms with Crippen molar-refractivity contribution < 1.29 is 9.32 Å². The quantitative estimate of drug-likeness (QED) is 0.153. The van der Waals surface area contributed by atoms with E-state index < -0.39 is 11.2 Å². The highest BCUT2D eigenvalue weighted by atomic mass is 32.2. The molecule has 0 saturated carbocycles. The molecular formula is C24H44N2O2S. The van der Waals surface area contributed by atoms with Gasteiger partial charge in [-0.05, 0) is 30.7 Å². The SMILES string of the molecule is CCCCCCCCCCCCCCCCCCNS(=O)Nc1ccc(O)cc1. The number of phenolic OH excluding ortho intramolecular Hbond substituents is 1. The van der Waals surface area contributed by atoms with E-state index in [1.54, 1.807) is 24.3 Å². The van der Waals surface area contributed by atoms with Gasteiger partial charge in [0, 0.05) is 12.2 Å². The summed E-state index contributed by atoms with van der Waals surface area (Å²) in [5.41, 5.74) is 0.737. The molecule has 0 heterocycles. The van der Waals surface area contributed by atoms with Crippen LogP contribution < -0.4 is 9.44 Å². The van der Waals surface area contributed by atoms with Crippen LogP contribution >= 0.6 is 0 Å². The van der Waals surface area contributed by atoms with Crippen molar-refractivity contribution in [3.63, 3.8) is 0 Å². The van der Waals surface area contributed by atoms with Gasteiger partial charge in [0.05, 0.1) is 0 Å². The van der Waals surface area contributed by atoms with Gasteiger partial charge in [-0.1, -0.05) is 103 Å². The average Bonchev–Trinajstić information content (AvgIpc) is 2.72. The number of hydrogen-bond donors (Lipinski definition) is 3. The molecule has 0 spiro atoms. The molecule has 0 amide bonds. The second-order valence-electron chi connectivity index (χ2n) is 8.12. The van der Waals surface area contributed by atoms with Gasteiger partial charge in [0.25, 0.3) is 0 Å². The summed E-state index contributed by atoms with van der Waals surface area (Å²) < 4.78 is 17.8. The summed E-state index contributed by atoms with van der Waals surface area (Å²) >= 11 is -1.28. The van der Waals surface area contributed by atoms with Gasteiger partial charge in [0.1, 0.15) is 5.75 Å². The number of nitrogens with one attached hydrogen (secondary N) is 2. The monoisotopic (exact) mass is 424 g/mol. The second kappa shape index (κ2) is 18.9. The number of rotatable bonds is 20. The maximum Gasteiger partial charge on any atom is 0.193 e. The largest absolute Gasteiger partial charge is 0.508 e. The summed E-state index contributed by atoms with van der Waals surface area (Å²) in [6.45, 7) is 3.04. The van der Waals surface area contributed by atoms with Gasteiger partial charge in [-0.15, -0.1) is 0 Å². The fourth-order valence-electron chi connectivity index (χ4n) is 3.51. The van der Waals surface area contributed by atoms with Crippen LogP contribution in [0.15, 0.2) is 24.3 Å². The molecule has 1 aromatic rings. The van der Waals surface area contributed by atoms with Crippen molar-refractivity contribution in [1.29, 1.82) is 0 Å². The van der Waals surface area contributed by atoms with Gasteiger partial charge < -0.3 is 5.11 Å². The molecule has 3 N–H and O–H groups in total. The number of anilines is 1. The van der Waals surface area contributed by atoms with E-state index in [-0.39, 0.29) is 5.75 Å². The number of benzene rings is 1. The molecule has 0 saturated heterocycles. The van der Waals surface area contributed by atoms with E-state index in [1.165, 1.54) is 96.3 Å². The van der Waals surface area contributed by atoms with Crippen LogP contribution in [-0.4, -0.2) is 15.9 Å². The highest BCUT2D eigenvalue weighted by Gasteiger charge is 2.00. The standard InChI is InChI=1S/C24H44N2O2S/c1-2-3-4-5-6-7-8-9-10-11-12-13-14-15-16-17-22-25-29(28)26-23-18-20-24(27)21-19-23/h18-21,25-27H,2-17,22H2,1H3. The van der Waals surface area contributed by atoms with Crippen molar-refractivity contribution in [2.45, 2.75) is 110 Å². The van der Waals surface area contributed by atoms with Gasteiger partial charge in [-0.3, -0.25) is 4.72 Å². The first-order valence-corrected chi connectivity index (χ1v) is 13.1. The molecule has 0 aliphatic rings. The minimum Gasteiger partial charge on any atom is -0.508 e. The second-order valence-corrected chi connectivity index (χ2v) is 9.15. The summed E-state index contributed by atoms with van der Waals surface area (Å²) in [6.07, 6.45) is 21.8. The third kappa shape index (κ3) is 16.4. The Hall–Kier alpha value is -1.07. The van der Waals surface area contributed by atoms with E-state index in [0.29, 0.717) is 0 Å². The summed E-state index contributed by atoms with van der Waals surface area (Å²) in [7, 11) is 0. The van der Waals surface area contributed by atoms with Crippen molar-refractivity contribution in [2.75, 3.05) is 11.3 Å². The Morgan fingerprint density at radius 2 is 1.10 bits per heavy atom. The van der Waals surface area contributed by atoms with Crippen LogP contribution in [0.25, 0.3) is 0 Å². The first kappa shape index (κ1) is 26.0. The first-order valence-electron chi connectivity index (χ1n) is 11.9. The number of unbranched alkanes of at least 4 members (excludes halogenated alkanes) is 15. The van der Waals surface area contributed by atoms with Gasteiger partial charge in [-0.2, -0.15) is 0 Å². The van der Waals surface area contributed by atoms with Crippen molar-refractivity contribution in [1.82, 2.24) is 4.72 Å². The lowest BCUT2D eigenvalue weighted by Crippen LogP contribution is -2.24. The average molecular weight is 425 g/mol. The lowest BCUT2D eigenvalue weighted by atomic mass is 10.0. The zero-order valence-electron chi connectivity index (χ0n) is 18.6. The van der Waals surface area contributed by atoms with Crippen LogP contribution in [0.1, 0.15) is 110 Å². The molecule has 1 unspecified atom stereocenters. The van der Waals surface area contributed by atoms with Crippen molar-refractivity contribution in [2.24, 2.45) is 0 Å². The molecule has 0 radical (unpaired) electrons. The molecule has 0 aromatic heterocycles. The number of aromatic hydroxyl groups is 1. The third-order valence-corrected chi connectivity index (χ3v) is 6.23. The van der Waals surface area contributed by atoms with Gasteiger partial charge in [0.2, 0.25) is 0 Å². The Labute approximate surface area is 182 Å². The van der Waals surface area contributed by atoms with E-state index in [9.17, 15) is 9.32 Å². The van der Waals surface area contributed by atoms with Crippen molar-refractivity contribution in [3.8, 4) is 5.75 Å². The fourth-order valence-corrected chi connectivity index (χ4v) is 4.26. The Morgan fingerprint density at radius 1 is 0.690 bits per heavy atom. The summed E-state index contributed by atoms with van der Waals surface area (Å²) in [4.78, 5) is 0. The lowest BCUT2D eigenvalue weighted by molar-refractivity contribution is 0.475. The van der Waals surface area contributed by atoms with Crippen LogP contribution in [0, 0.1) is 0 Å². The molecule has 0 fully saturated rings. The molecule has 1 aromatic carbocycles. The van der Waals surface area contributed by atoms with Gasteiger partial charge in [0.15, 0.2) is 11.2 Å². The molecule has 5 heteroatoms. The van der Waals surface area contributed by atoms with E-state index >= 15 is 0 Å². The lowest BCUT2D eigenvalue weighted by Gasteiger charge is -2.07. The first-order chi connectivity index (χ1) is 14.2. The maximum absolute atomic E-state index is 11.9. The van der Waals surface area contributed by atoms with Crippen LogP contribution in [0.5, 0.6) is 5.75 Å². The fraction of sp³-hybridized carbons (Fsp3) is 0.750. The van der Waals surface area contributed by atoms with Crippen molar-refractivity contribution >= 4 is 16.9 Å². The molecule has 0 bridgehead atoms.